The number of anilines is 1. The number of nitrogens with zero attached hydrogens (tertiary/aromatic N) is 2. The topological polar surface area (TPSA) is 84.7 Å². The highest BCUT2D eigenvalue weighted by atomic mass is 16.6. The molecular weight excluding hydrogens is 370 g/mol. The first kappa shape index (κ1) is 20.8. The smallest absolute Gasteiger partial charge is 0.293 e. The van der Waals surface area contributed by atoms with Gasteiger partial charge in [0.15, 0.2) is 0 Å². The minimum atomic E-state index is -0.426. The quantitative estimate of drug-likeness (QED) is 0.565. The van der Waals surface area contributed by atoms with Gasteiger partial charge in [-0.05, 0) is 30.0 Å². The zero-order chi connectivity index (χ0) is 20.8. The van der Waals surface area contributed by atoms with Crippen molar-refractivity contribution in [2.75, 3.05) is 31.2 Å². The Morgan fingerprint density at radius 3 is 2.48 bits per heavy atom. The largest absolute Gasteiger partial charge is 0.378 e. The van der Waals surface area contributed by atoms with Crippen LogP contribution >= 0.6 is 0 Å². The van der Waals surface area contributed by atoms with E-state index in [1.807, 2.05) is 35.2 Å². The highest BCUT2D eigenvalue weighted by Gasteiger charge is 2.24. The molecular formula is C22H27N3O4. The maximum atomic E-state index is 12.9. The second-order valence-electron chi connectivity index (χ2n) is 7.63. The molecule has 0 spiro atoms. The van der Waals surface area contributed by atoms with Crippen LogP contribution in [0.3, 0.4) is 0 Å². The van der Waals surface area contributed by atoms with Crippen molar-refractivity contribution in [2.45, 2.75) is 26.3 Å². The number of hydrogen-bond acceptors (Lipinski definition) is 5. The monoisotopic (exact) mass is 397 g/mol. The third kappa shape index (κ3) is 5.32. The van der Waals surface area contributed by atoms with Crippen LogP contribution in [-0.4, -0.2) is 37.1 Å². The van der Waals surface area contributed by atoms with E-state index >= 15 is 0 Å². The SMILES string of the molecule is CC(C)CC(NC(=O)c1ccc(N2CCOCC2)c([N+](=O)[O-])c1)c1ccccc1. The fourth-order valence-electron chi connectivity index (χ4n) is 3.56. The molecule has 7 heteroatoms. The molecule has 1 fully saturated rings. The summed E-state index contributed by atoms with van der Waals surface area (Å²) >= 11 is 0. The summed E-state index contributed by atoms with van der Waals surface area (Å²) < 4.78 is 5.33. The first-order chi connectivity index (χ1) is 14.0. The molecule has 0 bridgehead atoms. The van der Waals surface area contributed by atoms with Gasteiger partial charge in [0.25, 0.3) is 11.6 Å². The lowest BCUT2D eigenvalue weighted by Gasteiger charge is -2.28. The van der Waals surface area contributed by atoms with E-state index in [1.165, 1.54) is 6.07 Å². The molecule has 0 radical (unpaired) electrons. The number of carbonyl (C=O) groups excluding carboxylic acids is 1. The Balaban J connectivity index is 1.83. The van der Waals surface area contributed by atoms with Crippen LogP contribution in [-0.2, 0) is 4.74 Å². The zero-order valence-corrected chi connectivity index (χ0v) is 16.8. The van der Waals surface area contributed by atoms with Crippen LogP contribution in [0, 0.1) is 16.0 Å². The van der Waals surface area contributed by atoms with Crippen LogP contribution < -0.4 is 10.2 Å². The minimum absolute atomic E-state index is 0.0559. The van der Waals surface area contributed by atoms with Gasteiger partial charge in [0.05, 0.1) is 24.2 Å². The molecule has 29 heavy (non-hydrogen) atoms. The van der Waals surface area contributed by atoms with Gasteiger partial charge in [-0.2, -0.15) is 0 Å². The van der Waals surface area contributed by atoms with Gasteiger partial charge in [0, 0.05) is 24.7 Å². The summed E-state index contributed by atoms with van der Waals surface area (Å²) in [6.07, 6.45) is 0.781. The molecule has 1 unspecified atom stereocenters. The average molecular weight is 397 g/mol. The van der Waals surface area contributed by atoms with Crippen molar-refractivity contribution < 1.29 is 14.5 Å². The number of benzene rings is 2. The van der Waals surface area contributed by atoms with E-state index in [1.54, 1.807) is 12.1 Å². The second-order valence-corrected chi connectivity index (χ2v) is 7.63. The molecule has 1 aliphatic heterocycles. The van der Waals surface area contributed by atoms with Gasteiger partial charge in [-0.1, -0.05) is 44.2 Å². The Morgan fingerprint density at radius 1 is 1.17 bits per heavy atom. The Hall–Kier alpha value is -2.93. The molecule has 1 amide bonds. The first-order valence-electron chi connectivity index (χ1n) is 9.92. The zero-order valence-electron chi connectivity index (χ0n) is 16.8. The van der Waals surface area contributed by atoms with Gasteiger partial charge in [-0.15, -0.1) is 0 Å². The summed E-state index contributed by atoms with van der Waals surface area (Å²) in [7, 11) is 0. The van der Waals surface area contributed by atoms with E-state index in [0.29, 0.717) is 43.5 Å². The van der Waals surface area contributed by atoms with Crippen LogP contribution in [0.25, 0.3) is 0 Å². The number of morpholine rings is 1. The summed E-state index contributed by atoms with van der Waals surface area (Å²) in [5, 5.41) is 14.7. The van der Waals surface area contributed by atoms with Crippen LogP contribution in [0.4, 0.5) is 11.4 Å². The average Bonchev–Trinajstić information content (AvgIpc) is 2.73. The van der Waals surface area contributed by atoms with Crippen molar-refractivity contribution in [1.29, 1.82) is 0 Å². The Kier molecular flexibility index (Phi) is 6.82. The molecule has 1 aliphatic rings. The number of amides is 1. The van der Waals surface area contributed by atoms with E-state index in [9.17, 15) is 14.9 Å². The predicted octanol–water partition coefficient (Wildman–Crippen LogP) is 3.95. The lowest BCUT2D eigenvalue weighted by molar-refractivity contribution is -0.384. The molecule has 2 aromatic carbocycles. The molecule has 1 N–H and O–H groups in total. The molecule has 7 nitrogen and oxygen atoms in total. The van der Waals surface area contributed by atoms with E-state index in [-0.39, 0.29) is 17.6 Å². The van der Waals surface area contributed by atoms with Crippen LogP contribution in [0.5, 0.6) is 0 Å². The molecule has 1 heterocycles. The molecule has 154 valence electrons. The molecule has 2 aromatic rings. The van der Waals surface area contributed by atoms with Crippen molar-refractivity contribution in [3.8, 4) is 0 Å². The van der Waals surface area contributed by atoms with Crippen molar-refractivity contribution in [2.24, 2.45) is 5.92 Å². The van der Waals surface area contributed by atoms with Gasteiger partial charge < -0.3 is 15.0 Å². The summed E-state index contributed by atoms with van der Waals surface area (Å²) in [5.74, 6) is 0.0784. The first-order valence-corrected chi connectivity index (χ1v) is 9.92. The number of nitro groups is 1. The van der Waals surface area contributed by atoms with Gasteiger partial charge in [-0.3, -0.25) is 14.9 Å². The molecule has 0 saturated carbocycles. The molecule has 0 aliphatic carbocycles. The van der Waals surface area contributed by atoms with Crippen molar-refractivity contribution in [1.82, 2.24) is 5.32 Å². The molecule has 3 rings (SSSR count). The Bertz CT molecular complexity index is 848. The standard InChI is InChI=1S/C22H27N3O4/c1-16(2)14-19(17-6-4-3-5-7-17)23-22(26)18-8-9-20(21(15-18)25(27)28)24-10-12-29-13-11-24/h3-9,15-16,19H,10-14H2,1-2H3,(H,23,26). The number of nitrogens with one attached hydrogen (secondary N) is 1. The Labute approximate surface area is 170 Å². The minimum Gasteiger partial charge on any atom is -0.378 e. The number of hydrogen-bond donors (Lipinski definition) is 1. The Morgan fingerprint density at radius 2 is 1.86 bits per heavy atom. The lowest BCUT2D eigenvalue weighted by atomic mass is 9.96. The third-order valence-corrected chi connectivity index (χ3v) is 5.00. The van der Waals surface area contributed by atoms with Gasteiger partial charge in [0.2, 0.25) is 0 Å². The predicted molar refractivity (Wildman–Crippen MR) is 112 cm³/mol. The summed E-state index contributed by atoms with van der Waals surface area (Å²) in [4.78, 5) is 26.0. The van der Waals surface area contributed by atoms with Gasteiger partial charge in [0.1, 0.15) is 5.69 Å². The second kappa shape index (κ2) is 9.52. The fourth-order valence-corrected chi connectivity index (χ4v) is 3.56. The van der Waals surface area contributed by atoms with Crippen LogP contribution in [0.15, 0.2) is 48.5 Å². The molecule has 0 aromatic heterocycles. The van der Waals surface area contributed by atoms with E-state index in [2.05, 4.69) is 19.2 Å². The van der Waals surface area contributed by atoms with Gasteiger partial charge in [-0.25, -0.2) is 0 Å². The van der Waals surface area contributed by atoms with E-state index in [4.69, 9.17) is 4.74 Å². The fraction of sp³-hybridized carbons (Fsp3) is 0.409. The number of rotatable bonds is 7. The van der Waals surface area contributed by atoms with E-state index in [0.717, 1.165) is 12.0 Å². The maximum Gasteiger partial charge on any atom is 0.293 e. The third-order valence-electron chi connectivity index (χ3n) is 5.00. The summed E-state index contributed by atoms with van der Waals surface area (Å²) in [6, 6.07) is 14.3. The summed E-state index contributed by atoms with van der Waals surface area (Å²) in [6.45, 7) is 6.46. The lowest BCUT2D eigenvalue weighted by Crippen LogP contribution is -2.36. The number of nitro benzene ring substituents is 1. The maximum absolute atomic E-state index is 12.9. The highest BCUT2D eigenvalue weighted by molar-refractivity contribution is 5.96. The normalized spacial score (nSPS) is 15.2. The summed E-state index contributed by atoms with van der Waals surface area (Å²) in [5.41, 5.74) is 1.78. The molecule has 1 atom stereocenters. The molecule has 1 saturated heterocycles. The van der Waals surface area contributed by atoms with Crippen LogP contribution in [0.1, 0.15) is 42.2 Å². The van der Waals surface area contributed by atoms with Crippen molar-refractivity contribution >= 4 is 17.3 Å². The van der Waals surface area contributed by atoms with Crippen molar-refractivity contribution in [3.05, 3.63) is 69.8 Å². The highest BCUT2D eigenvalue weighted by Crippen LogP contribution is 2.30. The van der Waals surface area contributed by atoms with Crippen molar-refractivity contribution in [3.63, 3.8) is 0 Å². The van der Waals surface area contributed by atoms with Crippen LogP contribution in [0.2, 0.25) is 0 Å². The van der Waals surface area contributed by atoms with E-state index < -0.39 is 4.92 Å². The number of ether oxygens (including phenoxy) is 1. The number of carbonyl (C=O) groups is 1. The van der Waals surface area contributed by atoms with Gasteiger partial charge >= 0.3 is 0 Å².